The maximum atomic E-state index is 12.1. The van der Waals surface area contributed by atoms with Crippen molar-refractivity contribution in [3.05, 3.63) is 18.1 Å². The monoisotopic (exact) mass is 293 g/mol. The molecule has 116 valence electrons. The first-order valence-corrected chi connectivity index (χ1v) is 7.23. The van der Waals surface area contributed by atoms with Crippen LogP contribution >= 0.6 is 0 Å². The maximum absolute atomic E-state index is 12.1. The van der Waals surface area contributed by atoms with Gasteiger partial charge in [0, 0.05) is 19.0 Å². The number of carbonyl (C=O) groups is 1. The van der Waals surface area contributed by atoms with Crippen molar-refractivity contribution in [2.24, 2.45) is 0 Å². The van der Waals surface area contributed by atoms with Crippen LogP contribution in [-0.2, 0) is 4.74 Å². The Kier molecular flexibility index (Phi) is 4.65. The van der Waals surface area contributed by atoms with Crippen LogP contribution in [0.4, 0.5) is 4.79 Å². The van der Waals surface area contributed by atoms with Crippen LogP contribution in [0.25, 0.3) is 0 Å². The summed E-state index contributed by atoms with van der Waals surface area (Å²) in [6.45, 7) is 6.98. The van der Waals surface area contributed by atoms with E-state index in [0.717, 1.165) is 25.1 Å². The highest BCUT2D eigenvalue weighted by Crippen LogP contribution is 2.26. The van der Waals surface area contributed by atoms with E-state index in [1.807, 2.05) is 20.8 Å². The molecule has 6 heteroatoms. The van der Waals surface area contributed by atoms with Gasteiger partial charge in [-0.15, -0.1) is 0 Å². The summed E-state index contributed by atoms with van der Waals surface area (Å²) in [6.07, 6.45) is 5.02. The summed E-state index contributed by atoms with van der Waals surface area (Å²) in [4.78, 5) is 22.5. The molecule has 21 heavy (non-hydrogen) atoms. The van der Waals surface area contributed by atoms with Crippen molar-refractivity contribution in [3.8, 4) is 5.88 Å². The van der Waals surface area contributed by atoms with Crippen molar-refractivity contribution in [2.75, 3.05) is 20.2 Å². The average Bonchev–Trinajstić information content (AvgIpc) is 2.46. The van der Waals surface area contributed by atoms with E-state index in [-0.39, 0.29) is 12.0 Å². The van der Waals surface area contributed by atoms with Gasteiger partial charge < -0.3 is 14.4 Å². The zero-order chi connectivity index (χ0) is 15.5. The Hall–Kier alpha value is -1.85. The van der Waals surface area contributed by atoms with Crippen molar-refractivity contribution < 1.29 is 14.3 Å². The molecule has 2 rings (SSSR count). The Labute approximate surface area is 125 Å². The van der Waals surface area contributed by atoms with E-state index < -0.39 is 5.60 Å². The minimum atomic E-state index is -0.468. The van der Waals surface area contributed by atoms with Gasteiger partial charge in [-0.2, -0.15) is 0 Å². The number of ether oxygens (including phenoxy) is 2. The number of likely N-dealkylation sites (tertiary alicyclic amines) is 1. The smallest absolute Gasteiger partial charge is 0.410 e. The highest BCUT2D eigenvalue weighted by Gasteiger charge is 2.29. The number of hydrogen-bond donors (Lipinski definition) is 0. The second-order valence-corrected chi connectivity index (χ2v) is 6.25. The summed E-state index contributed by atoms with van der Waals surface area (Å²) in [5.74, 6) is 0.697. The Bertz CT molecular complexity index is 482. The lowest BCUT2D eigenvalue weighted by Gasteiger charge is -2.33. The summed E-state index contributed by atoms with van der Waals surface area (Å²) in [6, 6.07) is 0. The number of aromatic nitrogens is 2. The first-order chi connectivity index (χ1) is 9.89. The van der Waals surface area contributed by atoms with Gasteiger partial charge >= 0.3 is 6.09 Å². The molecule has 0 unspecified atom stereocenters. The van der Waals surface area contributed by atoms with E-state index in [1.54, 1.807) is 24.4 Å². The van der Waals surface area contributed by atoms with E-state index in [0.29, 0.717) is 12.4 Å². The minimum Gasteiger partial charge on any atom is -0.480 e. The largest absolute Gasteiger partial charge is 0.480 e. The zero-order valence-corrected chi connectivity index (χ0v) is 13.1. The summed E-state index contributed by atoms with van der Waals surface area (Å²) in [5, 5.41) is 0. The van der Waals surface area contributed by atoms with Crippen molar-refractivity contribution in [3.63, 3.8) is 0 Å². The number of amides is 1. The summed E-state index contributed by atoms with van der Waals surface area (Å²) < 4.78 is 10.4. The van der Waals surface area contributed by atoms with Gasteiger partial charge in [0.2, 0.25) is 5.88 Å². The lowest BCUT2D eigenvalue weighted by atomic mass is 9.95. The lowest BCUT2D eigenvalue weighted by molar-refractivity contribution is 0.0197. The second kappa shape index (κ2) is 6.28. The van der Waals surface area contributed by atoms with E-state index in [1.165, 1.54) is 0 Å². The fraction of sp³-hybridized carbons (Fsp3) is 0.667. The first-order valence-electron chi connectivity index (χ1n) is 7.23. The van der Waals surface area contributed by atoms with Gasteiger partial charge in [-0.1, -0.05) is 0 Å². The molecular weight excluding hydrogens is 270 g/mol. The third-order valence-corrected chi connectivity index (χ3v) is 3.35. The van der Waals surface area contributed by atoms with Crippen LogP contribution in [0.1, 0.15) is 45.2 Å². The standard InChI is InChI=1S/C15H23N3O3/c1-15(2,3)21-14(19)18-7-5-6-11(10-18)12-8-17-13(20-4)9-16-12/h8-9,11H,5-7,10H2,1-4H3/t11-/m0/s1. The van der Waals surface area contributed by atoms with Crippen molar-refractivity contribution in [1.82, 2.24) is 14.9 Å². The van der Waals surface area contributed by atoms with E-state index in [2.05, 4.69) is 9.97 Å². The van der Waals surface area contributed by atoms with Gasteiger partial charge in [0.1, 0.15) is 5.60 Å². The van der Waals surface area contributed by atoms with E-state index in [9.17, 15) is 4.79 Å². The zero-order valence-electron chi connectivity index (χ0n) is 13.1. The molecule has 1 aliphatic rings. The molecule has 1 fully saturated rings. The van der Waals surface area contributed by atoms with E-state index >= 15 is 0 Å². The molecule has 1 amide bonds. The van der Waals surface area contributed by atoms with Gasteiger partial charge in [0.05, 0.1) is 25.2 Å². The van der Waals surface area contributed by atoms with Crippen LogP contribution in [-0.4, -0.2) is 46.8 Å². The van der Waals surface area contributed by atoms with Crippen LogP contribution in [0.15, 0.2) is 12.4 Å². The number of piperidine rings is 1. The second-order valence-electron chi connectivity index (χ2n) is 6.25. The molecule has 0 N–H and O–H groups in total. The molecule has 0 saturated carbocycles. The van der Waals surface area contributed by atoms with Gasteiger partial charge in [-0.25, -0.2) is 9.78 Å². The molecule has 0 aliphatic carbocycles. The van der Waals surface area contributed by atoms with Crippen LogP contribution in [0.3, 0.4) is 0 Å². The van der Waals surface area contributed by atoms with Crippen molar-refractivity contribution >= 4 is 6.09 Å². The molecule has 1 atom stereocenters. The highest BCUT2D eigenvalue weighted by molar-refractivity contribution is 5.68. The third kappa shape index (κ3) is 4.31. The average molecular weight is 293 g/mol. The van der Waals surface area contributed by atoms with Gasteiger partial charge in [-0.3, -0.25) is 4.98 Å². The molecule has 0 spiro atoms. The Morgan fingerprint density at radius 1 is 1.33 bits per heavy atom. The fourth-order valence-electron chi connectivity index (χ4n) is 2.35. The van der Waals surface area contributed by atoms with Crippen molar-refractivity contribution in [1.29, 1.82) is 0 Å². The number of methoxy groups -OCH3 is 1. The lowest BCUT2D eigenvalue weighted by Crippen LogP contribution is -2.42. The molecule has 1 saturated heterocycles. The Morgan fingerprint density at radius 2 is 2.10 bits per heavy atom. The molecule has 1 aliphatic heterocycles. The SMILES string of the molecule is COc1cnc([C@H]2CCCN(C(=O)OC(C)(C)C)C2)cn1. The van der Waals surface area contributed by atoms with Gasteiger partial charge in [-0.05, 0) is 33.6 Å². The van der Waals surface area contributed by atoms with Crippen molar-refractivity contribution in [2.45, 2.75) is 45.1 Å². The highest BCUT2D eigenvalue weighted by atomic mass is 16.6. The molecule has 0 aromatic carbocycles. The number of rotatable bonds is 2. The Balaban J connectivity index is 2.01. The maximum Gasteiger partial charge on any atom is 0.410 e. The Morgan fingerprint density at radius 3 is 2.67 bits per heavy atom. The third-order valence-electron chi connectivity index (χ3n) is 3.35. The molecule has 6 nitrogen and oxygen atoms in total. The normalized spacial score (nSPS) is 19.2. The van der Waals surface area contributed by atoms with Crippen LogP contribution < -0.4 is 4.74 Å². The van der Waals surface area contributed by atoms with Crippen LogP contribution in [0, 0.1) is 0 Å². The van der Waals surface area contributed by atoms with E-state index in [4.69, 9.17) is 9.47 Å². The predicted octanol–water partition coefficient (Wildman–Crippen LogP) is 2.60. The van der Waals surface area contributed by atoms with Gasteiger partial charge in [0.15, 0.2) is 0 Å². The topological polar surface area (TPSA) is 64.5 Å². The quantitative estimate of drug-likeness (QED) is 0.838. The fourth-order valence-corrected chi connectivity index (χ4v) is 2.35. The van der Waals surface area contributed by atoms with Crippen LogP contribution in [0.2, 0.25) is 0 Å². The molecular formula is C15H23N3O3. The summed E-state index contributed by atoms with van der Waals surface area (Å²) in [7, 11) is 1.56. The summed E-state index contributed by atoms with van der Waals surface area (Å²) >= 11 is 0. The first kappa shape index (κ1) is 15.5. The molecule has 0 bridgehead atoms. The number of nitrogens with zero attached hydrogens (tertiary/aromatic N) is 3. The molecule has 1 aromatic heterocycles. The predicted molar refractivity (Wildman–Crippen MR) is 78.4 cm³/mol. The molecule has 0 radical (unpaired) electrons. The van der Waals surface area contributed by atoms with Gasteiger partial charge in [0.25, 0.3) is 0 Å². The number of hydrogen-bond acceptors (Lipinski definition) is 5. The number of carbonyl (C=O) groups excluding carboxylic acids is 1. The van der Waals surface area contributed by atoms with Crippen LogP contribution in [0.5, 0.6) is 5.88 Å². The molecule has 2 heterocycles. The summed E-state index contributed by atoms with van der Waals surface area (Å²) in [5.41, 5.74) is 0.424. The molecule has 1 aromatic rings. The minimum absolute atomic E-state index is 0.199.